The van der Waals surface area contributed by atoms with Gasteiger partial charge in [0.1, 0.15) is 11.9 Å². The molecule has 1 saturated heterocycles. The van der Waals surface area contributed by atoms with Crippen LogP contribution >= 0.6 is 0 Å². The average Bonchev–Trinajstić information content (AvgIpc) is 2.82. The van der Waals surface area contributed by atoms with E-state index in [9.17, 15) is 9.59 Å². The molecule has 0 spiro atoms. The predicted octanol–water partition coefficient (Wildman–Crippen LogP) is 2.23. The summed E-state index contributed by atoms with van der Waals surface area (Å²) in [5.41, 5.74) is 0.454. The molecule has 1 unspecified atom stereocenters. The smallest absolute Gasteiger partial charge is 0.410 e. The second kappa shape index (κ2) is 5.61. The monoisotopic (exact) mass is 276 g/mol. The van der Waals surface area contributed by atoms with Gasteiger partial charge >= 0.3 is 6.09 Å². The molecule has 2 rings (SSSR count). The van der Waals surface area contributed by atoms with E-state index in [1.165, 1.54) is 0 Å². The number of carbonyl (C=O) groups is 2. The van der Waals surface area contributed by atoms with Gasteiger partial charge in [-0.1, -0.05) is 6.07 Å². The number of aromatic nitrogens is 1. The number of hydrogen-bond acceptors (Lipinski definition) is 4. The van der Waals surface area contributed by atoms with Crippen molar-refractivity contribution in [3.8, 4) is 0 Å². The van der Waals surface area contributed by atoms with Crippen LogP contribution in [0.1, 0.15) is 32.3 Å². The lowest BCUT2D eigenvalue weighted by molar-refractivity contribution is -0.111. The number of likely N-dealkylation sites (tertiary alicyclic amines) is 1. The van der Waals surface area contributed by atoms with Crippen LogP contribution in [0.3, 0.4) is 0 Å². The molecule has 0 N–H and O–H groups in total. The van der Waals surface area contributed by atoms with Crippen LogP contribution in [0.15, 0.2) is 24.5 Å². The number of nitrogens with zero attached hydrogens (tertiary/aromatic N) is 2. The maximum atomic E-state index is 12.1. The lowest BCUT2D eigenvalue weighted by Crippen LogP contribution is -2.35. The van der Waals surface area contributed by atoms with E-state index < -0.39 is 5.60 Å². The minimum Gasteiger partial charge on any atom is -0.444 e. The van der Waals surface area contributed by atoms with Crippen LogP contribution in [0.4, 0.5) is 4.79 Å². The SMILES string of the molecule is CC(C)(C)OC(=O)N1CC(C=O)[C@H](c2cccnc2)C1. The van der Waals surface area contributed by atoms with Crippen molar-refractivity contribution in [1.29, 1.82) is 0 Å². The standard InChI is InChI=1S/C15H20N2O3/c1-15(2,3)20-14(19)17-8-12(10-18)13(9-17)11-5-4-6-16-7-11/h4-7,10,12-13H,8-9H2,1-3H3/t12?,13-/m0/s1. The fraction of sp³-hybridized carbons (Fsp3) is 0.533. The van der Waals surface area contributed by atoms with Gasteiger partial charge in [-0.25, -0.2) is 4.79 Å². The Morgan fingerprint density at radius 1 is 1.45 bits per heavy atom. The van der Waals surface area contributed by atoms with Gasteiger partial charge in [0.15, 0.2) is 0 Å². The first kappa shape index (κ1) is 14.5. The number of aldehydes is 1. The molecule has 0 saturated carbocycles. The van der Waals surface area contributed by atoms with E-state index in [-0.39, 0.29) is 17.9 Å². The van der Waals surface area contributed by atoms with Crippen molar-refractivity contribution in [2.75, 3.05) is 13.1 Å². The number of pyridine rings is 1. The molecule has 1 fully saturated rings. The maximum Gasteiger partial charge on any atom is 0.410 e. The van der Waals surface area contributed by atoms with Gasteiger partial charge in [0, 0.05) is 37.3 Å². The Balaban J connectivity index is 2.10. The summed E-state index contributed by atoms with van der Waals surface area (Å²) in [6, 6.07) is 3.78. The first-order valence-corrected chi connectivity index (χ1v) is 6.74. The first-order valence-electron chi connectivity index (χ1n) is 6.74. The van der Waals surface area contributed by atoms with Crippen molar-refractivity contribution in [2.24, 2.45) is 5.92 Å². The minimum absolute atomic E-state index is 0.00582. The molecular weight excluding hydrogens is 256 g/mol. The number of rotatable bonds is 2. The highest BCUT2D eigenvalue weighted by Crippen LogP contribution is 2.31. The zero-order chi connectivity index (χ0) is 14.8. The molecule has 1 aromatic heterocycles. The average molecular weight is 276 g/mol. The van der Waals surface area contributed by atoms with Crippen LogP contribution in [-0.2, 0) is 9.53 Å². The Labute approximate surface area is 118 Å². The predicted molar refractivity (Wildman–Crippen MR) is 74.3 cm³/mol. The molecule has 0 bridgehead atoms. The van der Waals surface area contributed by atoms with Crippen molar-refractivity contribution < 1.29 is 14.3 Å². The topological polar surface area (TPSA) is 59.5 Å². The summed E-state index contributed by atoms with van der Waals surface area (Å²) in [7, 11) is 0. The van der Waals surface area contributed by atoms with E-state index in [2.05, 4.69) is 4.98 Å². The number of amides is 1. The zero-order valence-corrected chi connectivity index (χ0v) is 12.1. The lowest BCUT2D eigenvalue weighted by Gasteiger charge is -2.24. The quantitative estimate of drug-likeness (QED) is 0.777. The third-order valence-corrected chi connectivity index (χ3v) is 3.30. The van der Waals surface area contributed by atoms with Crippen molar-refractivity contribution in [1.82, 2.24) is 9.88 Å². The van der Waals surface area contributed by atoms with Crippen LogP contribution in [0, 0.1) is 5.92 Å². The van der Waals surface area contributed by atoms with Crippen molar-refractivity contribution in [3.63, 3.8) is 0 Å². The molecule has 20 heavy (non-hydrogen) atoms. The largest absolute Gasteiger partial charge is 0.444 e. The first-order chi connectivity index (χ1) is 9.40. The molecule has 5 heteroatoms. The second-order valence-electron chi connectivity index (χ2n) is 6.08. The zero-order valence-electron chi connectivity index (χ0n) is 12.1. The third kappa shape index (κ3) is 3.35. The molecule has 2 atom stereocenters. The van der Waals surface area contributed by atoms with Gasteiger partial charge in [0.05, 0.1) is 0 Å². The van der Waals surface area contributed by atoms with E-state index in [1.807, 2.05) is 32.9 Å². The molecular formula is C15H20N2O3. The second-order valence-corrected chi connectivity index (χ2v) is 6.08. The molecule has 1 aliphatic rings. The fourth-order valence-electron chi connectivity index (χ4n) is 2.39. The molecule has 5 nitrogen and oxygen atoms in total. The highest BCUT2D eigenvalue weighted by atomic mass is 16.6. The molecule has 1 aromatic rings. The molecule has 0 aliphatic carbocycles. The van der Waals surface area contributed by atoms with E-state index >= 15 is 0 Å². The summed E-state index contributed by atoms with van der Waals surface area (Å²) in [5.74, 6) is -0.208. The van der Waals surface area contributed by atoms with Gasteiger partial charge in [0.2, 0.25) is 0 Å². The summed E-state index contributed by atoms with van der Waals surface area (Å²) in [6.07, 6.45) is 4.00. The van der Waals surface area contributed by atoms with Gasteiger partial charge in [-0.3, -0.25) is 4.98 Å². The van der Waals surface area contributed by atoms with Crippen LogP contribution in [-0.4, -0.2) is 41.0 Å². The molecule has 1 aliphatic heterocycles. The van der Waals surface area contributed by atoms with Crippen LogP contribution in [0.5, 0.6) is 0 Å². The van der Waals surface area contributed by atoms with Gasteiger partial charge in [0.25, 0.3) is 0 Å². The van der Waals surface area contributed by atoms with Gasteiger partial charge in [-0.15, -0.1) is 0 Å². The van der Waals surface area contributed by atoms with Crippen molar-refractivity contribution >= 4 is 12.4 Å². The van der Waals surface area contributed by atoms with Crippen LogP contribution in [0.2, 0.25) is 0 Å². The van der Waals surface area contributed by atoms with Gasteiger partial charge in [-0.05, 0) is 32.4 Å². The number of ether oxygens (including phenoxy) is 1. The fourth-order valence-corrected chi connectivity index (χ4v) is 2.39. The Kier molecular flexibility index (Phi) is 4.06. The highest BCUT2D eigenvalue weighted by molar-refractivity contribution is 5.70. The number of carbonyl (C=O) groups excluding carboxylic acids is 2. The van der Waals surface area contributed by atoms with E-state index in [1.54, 1.807) is 17.3 Å². The Morgan fingerprint density at radius 2 is 2.20 bits per heavy atom. The van der Waals surface area contributed by atoms with Gasteiger partial charge < -0.3 is 14.4 Å². The Morgan fingerprint density at radius 3 is 2.75 bits per heavy atom. The molecule has 108 valence electrons. The third-order valence-electron chi connectivity index (χ3n) is 3.30. The summed E-state index contributed by atoms with van der Waals surface area (Å²) >= 11 is 0. The van der Waals surface area contributed by atoms with Crippen LogP contribution < -0.4 is 0 Å². The summed E-state index contributed by atoms with van der Waals surface area (Å²) in [6.45, 7) is 6.38. The van der Waals surface area contributed by atoms with Crippen LogP contribution in [0.25, 0.3) is 0 Å². The molecule has 1 amide bonds. The lowest BCUT2D eigenvalue weighted by atomic mass is 9.91. The van der Waals surface area contributed by atoms with E-state index in [0.717, 1.165) is 11.8 Å². The minimum atomic E-state index is -0.528. The molecule has 0 aromatic carbocycles. The molecule has 2 heterocycles. The Bertz CT molecular complexity index is 482. The summed E-state index contributed by atoms with van der Waals surface area (Å²) in [4.78, 5) is 29.0. The Hall–Kier alpha value is -1.91. The molecule has 0 radical (unpaired) electrons. The maximum absolute atomic E-state index is 12.1. The van der Waals surface area contributed by atoms with E-state index in [4.69, 9.17) is 4.74 Å². The summed E-state index contributed by atoms with van der Waals surface area (Å²) in [5, 5.41) is 0. The summed E-state index contributed by atoms with van der Waals surface area (Å²) < 4.78 is 5.35. The normalized spacial score (nSPS) is 22.6. The number of hydrogen-bond donors (Lipinski definition) is 0. The van der Waals surface area contributed by atoms with Crippen molar-refractivity contribution in [2.45, 2.75) is 32.3 Å². The van der Waals surface area contributed by atoms with E-state index in [0.29, 0.717) is 13.1 Å². The van der Waals surface area contributed by atoms with Crippen molar-refractivity contribution in [3.05, 3.63) is 30.1 Å². The van der Waals surface area contributed by atoms with Gasteiger partial charge in [-0.2, -0.15) is 0 Å². The highest BCUT2D eigenvalue weighted by Gasteiger charge is 2.37.